The molecule has 19 heavy (non-hydrogen) atoms. The van der Waals surface area contributed by atoms with E-state index in [2.05, 4.69) is 19.9 Å². The monoisotopic (exact) mass is 259 g/mol. The van der Waals surface area contributed by atoms with Crippen LogP contribution in [-0.2, 0) is 0 Å². The maximum Gasteiger partial charge on any atom is 0.278 e. The van der Waals surface area contributed by atoms with Gasteiger partial charge in [0, 0.05) is 5.56 Å². The van der Waals surface area contributed by atoms with E-state index < -0.39 is 11.5 Å². The molecule has 0 aliphatic carbocycles. The molecular formula is C11H9N5O3. The van der Waals surface area contributed by atoms with E-state index in [1.54, 1.807) is 0 Å². The van der Waals surface area contributed by atoms with E-state index in [9.17, 15) is 4.79 Å². The lowest BCUT2D eigenvalue weighted by Gasteiger charge is -2.04. The predicted octanol–water partition coefficient (Wildman–Crippen LogP) is 0.898. The van der Waals surface area contributed by atoms with E-state index in [1.165, 1.54) is 0 Å². The summed E-state index contributed by atoms with van der Waals surface area (Å²) >= 11 is 0. The topological polar surface area (TPSA) is 118 Å². The maximum absolute atomic E-state index is 11.7. The third-order valence-electron chi connectivity index (χ3n) is 2.59. The minimum atomic E-state index is -0.539. The lowest BCUT2D eigenvalue weighted by atomic mass is 10.2. The predicted molar refractivity (Wildman–Crippen MR) is 66.0 cm³/mol. The van der Waals surface area contributed by atoms with Gasteiger partial charge in [0.1, 0.15) is 5.82 Å². The molecule has 0 amide bonds. The zero-order valence-corrected chi connectivity index (χ0v) is 9.53. The van der Waals surface area contributed by atoms with Crippen molar-refractivity contribution in [2.24, 2.45) is 0 Å². The Hall–Kier alpha value is -2.71. The van der Waals surface area contributed by atoms with Crippen molar-refractivity contribution in [1.82, 2.24) is 19.9 Å². The molecule has 2 aromatic heterocycles. The molecule has 8 nitrogen and oxygen atoms in total. The van der Waals surface area contributed by atoms with Gasteiger partial charge in [0.25, 0.3) is 11.5 Å². The quantitative estimate of drug-likeness (QED) is 0.508. The van der Waals surface area contributed by atoms with Crippen LogP contribution in [-0.4, -0.2) is 30.4 Å². The molecule has 0 spiro atoms. The van der Waals surface area contributed by atoms with E-state index in [0.29, 0.717) is 5.82 Å². The number of hydrogen-bond donors (Lipinski definition) is 4. The van der Waals surface area contributed by atoms with Gasteiger partial charge < -0.3 is 4.98 Å². The highest BCUT2D eigenvalue weighted by Gasteiger charge is 2.12. The first-order valence-electron chi connectivity index (χ1n) is 5.38. The Labute approximate surface area is 105 Å². The van der Waals surface area contributed by atoms with Gasteiger partial charge in [-0.25, -0.2) is 4.98 Å². The van der Waals surface area contributed by atoms with E-state index in [-0.39, 0.29) is 16.4 Å². The highest BCUT2D eigenvalue weighted by atomic mass is 16.8. The number of aromatic nitrogens is 4. The number of imidazole rings is 1. The van der Waals surface area contributed by atoms with Crippen LogP contribution in [0.5, 0.6) is 0 Å². The van der Waals surface area contributed by atoms with Crippen molar-refractivity contribution in [1.29, 1.82) is 0 Å². The molecule has 0 radical (unpaired) electrons. The minimum Gasteiger partial charge on any atom is -0.332 e. The van der Waals surface area contributed by atoms with Crippen LogP contribution < -0.4 is 10.8 Å². The molecule has 1 aromatic carbocycles. The summed E-state index contributed by atoms with van der Waals surface area (Å²) in [4.78, 5) is 24.7. The summed E-state index contributed by atoms with van der Waals surface area (Å²) in [6, 6.07) is 9.21. The summed E-state index contributed by atoms with van der Waals surface area (Å²) in [5.74, 6) is 0.0804. The van der Waals surface area contributed by atoms with Crippen molar-refractivity contribution in [2.45, 2.75) is 0 Å². The highest BCUT2D eigenvalue weighted by Crippen LogP contribution is 2.17. The number of aromatic amines is 2. The SMILES string of the molecule is O=c1[nH]c(N(O)O)nc2nc(-c3ccccc3)[nH]c12. The van der Waals surface area contributed by atoms with E-state index in [4.69, 9.17) is 10.4 Å². The summed E-state index contributed by atoms with van der Waals surface area (Å²) in [5.41, 5.74) is 0.532. The number of H-pyrrole nitrogens is 2. The van der Waals surface area contributed by atoms with Crippen molar-refractivity contribution in [3.63, 3.8) is 0 Å². The average molecular weight is 259 g/mol. The number of rotatable bonds is 2. The first-order valence-corrected chi connectivity index (χ1v) is 5.38. The maximum atomic E-state index is 11.7. The number of anilines is 1. The van der Waals surface area contributed by atoms with Gasteiger partial charge in [0.15, 0.2) is 11.2 Å². The molecule has 4 N–H and O–H groups in total. The third-order valence-corrected chi connectivity index (χ3v) is 2.59. The molecule has 3 rings (SSSR count). The fourth-order valence-electron chi connectivity index (χ4n) is 1.72. The molecule has 0 saturated carbocycles. The summed E-state index contributed by atoms with van der Waals surface area (Å²) in [5, 5.41) is 17.4. The van der Waals surface area contributed by atoms with Crippen molar-refractivity contribution < 1.29 is 10.4 Å². The Morgan fingerprint density at radius 1 is 1.05 bits per heavy atom. The van der Waals surface area contributed by atoms with Crippen LogP contribution in [0.3, 0.4) is 0 Å². The molecule has 2 heterocycles. The molecule has 3 aromatic rings. The number of benzene rings is 1. The van der Waals surface area contributed by atoms with Crippen LogP contribution in [0, 0.1) is 0 Å². The van der Waals surface area contributed by atoms with Crippen molar-refractivity contribution in [2.75, 3.05) is 5.23 Å². The van der Waals surface area contributed by atoms with E-state index >= 15 is 0 Å². The molecule has 0 unspecified atom stereocenters. The minimum absolute atomic E-state index is 0.103. The smallest absolute Gasteiger partial charge is 0.278 e. The second-order valence-electron chi connectivity index (χ2n) is 3.83. The van der Waals surface area contributed by atoms with Gasteiger partial charge in [0.2, 0.25) is 0 Å². The Morgan fingerprint density at radius 2 is 1.79 bits per heavy atom. The van der Waals surface area contributed by atoms with Crippen LogP contribution in [0.4, 0.5) is 5.95 Å². The summed E-state index contributed by atoms with van der Waals surface area (Å²) in [7, 11) is 0. The molecule has 8 heteroatoms. The fraction of sp³-hybridized carbons (Fsp3) is 0. The van der Waals surface area contributed by atoms with Gasteiger partial charge in [-0.05, 0) is 0 Å². The van der Waals surface area contributed by atoms with Gasteiger partial charge in [-0.1, -0.05) is 35.6 Å². The molecule has 0 saturated heterocycles. The van der Waals surface area contributed by atoms with Gasteiger partial charge in [-0.2, -0.15) is 4.98 Å². The zero-order chi connectivity index (χ0) is 13.4. The number of fused-ring (bicyclic) bond motifs is 1. The number of hydrogen-bond acceptors (Lipinski definition) is 6. The third kappa shape index (κ3) is 1.94. The highest BCUT2D eigenvalue weighted by molar-refractivity contribution is 5.75. The largest absolute Gasteiger partial charge is 0.332 e. The normalized spacial score (nSPS) is 10.8. The first-order chi connectivity index (χ1) is 9.15. The average Bonchev–Trinajstić information content (AvgIpc) is 2.84. The Morgan fingerprint density at radius 3 is 2.47 bits per heavy atom. The second-order valence-corrected chi connectivity index (χ2v) is 3.83. The lowest BCUT2D eigenvalue weighted by Crippen LogP contribution is -2.19. The van der Waals surface area contributed by atoms with Gasteiger partial charge >= 0.3 is 0 Å². The van der Waals surface area contributed by atoms with Gasteiger partial charge in [-0.3, -0.25) is 20.2 Å². The Bertz CT molecular complexity index is 778. The number of nitrogens with zero attached hydrogens (tertiary/aromatic N) is 3. The zero-order valence-electron chi connectivity index (χ0n) is 9.53. The van der Waals surface area contributed by atoms with Crippen molar-refractivity contribution in [3.05, 3.63) is 40.7 Å². The second kappa shape index (κ2) is 4.19. The molecule has 96 valence electrons. The molecule has 0 aliphatic heterocycles. The van der Waals surface area contributed by atoms with Crippen LogP contribution in [0.25, 0.3) is 22.6 Å². The lowest BCUT2D eigenvalue weighted by molar-refractivity contribution is 0.0242. The molecular weight excluding hydrogens is 250 g/mol. The van der Waals surface area contributed by atoms with E-state index in [0.717, 1.165) is 5.56 Å². The van der Waals surface area contributed by atoms with E-state index in [1.807, 2.05) is 30.3 Å². The molecule has 0 atom stereocenters. The van der Waals surface area contributed by atoms with Gasteiger partial charge in [0.05, 0.1) is 0 Å². The first kappa shape index (κ1) is 11.4. The van der Waals surface area contributed by atoms with Crippen LogP contribution in [0.15, 0.2) is 35.1 Å². The van der Waals surface area contributed by atoms with Crippen molar-refractivity contribution >= 4 is 17.1 Å². The molecule has 0 bridgehead atoms. The summed E-state index contributed by atoms with van der Waals surface area (Å²) in [6.45, 7) is 0. The fourth-order valence-corrected chi connectivity index (χ4v) is 1.72. The standard InChI is InChI=1S/C11H9N5O3/c17-10-7-9(14-11(15-10)16(18)19)13-8(12-7)6-4-2-1-3-5-6/h1-5,18-19H,(H2,12,13,14,15,17). The Kier molecular flexibility index (Phi) is 2.51. The van der Waals surface area contributed by atoms with Crippen LogP contribution in [0.2, 0.25) is 0 Å². The molecule has 0 aliphatic rings. The van der Waals surface area contributed by atoms with Gasteiger partial charge in [-0.15, -0.1) is 0 Å². The van der Waals surface area contributed by atoms with Crippen molar-refractivity contribution in [3.8, 4) is 11.4 Å². The van der Waals surface area contributed by atoms with Crippen LogP contribution >= 0.6 is 0 Å². The molecule has 0 fully saturated rings. The van der Waals surface area contributed by atoms with Crippen LogP contribution in [0.1, 0.15) is 0 Å². The Balaban J connectivity index is 2.21. The number of nitrogens with one attached hydrogen (secondary N) is 2. The summed E-state index contributed by atoms with van der Waals surface area (Å²) in [6.07, 6.45) is 0. The summed E-state index contributed by atoms with van der Waals surface area (Å²) < 4.78 is 0.